The number of H-pyrrole nitrogens is 1. The van der Waals surface area contributed by atoms with Gasteiger partial charge in [-0.2, -0.15) is 0 Å². The van der Waals surface area contributed by atoms with E-state index in [1.807, 2.05) is 31.2 Å². The minimum absolute atomic E-state index is 0.0414. The Morgan fingerprint density at radius 3 is 2.70 bits per heavy atom. The molecule has 2 N–H and O–H groups in total. The third kappa shape index (κ3) is 3.86. The molecule has 0 radical (unpaired) electrons. The highest BCUT2D eigenvalue weighted by Crippen LogP contribution is 2.26. The maximum atomic E-state index is 12.4. The molecule has 118 valence electrons. The molecule has 0 aliphatic heterocycles. The van der Waals surface area contributed by atoms with E-state index < -0.39 is 0 Å². The van der Waals surface area contributed by atoms with Crippen LogP contribution in [-0.2, 0) is 4.79 Å². The summed E-state index contributed by atoms with van der Waals surface area (Å²) in [5.74, 6) is -0.0414. The van der Waals surface area contributed by atoms with Gasteiger partial charge in [0.25, 0.3) is 0 Å². The monoisotopic (exact) mass is 345 g/mol. The third-order valence-corrected chi connectivity index (χ3v) is 4.90. The van der Waals surface area contributed by atoms with Gasteiger partial charge < -0.3 is 10.3 Å². The summed E-state index contributed by atoms with van der Waals surface area (Å²) in [6.45, 7) is 1.99. The fourth-order valence-corrected chi connectivity index (χ4v) is 3.25. The van der Waals surface area contributed by atoms with Gasteiger partial charge in [-0.15, -0.1) is 0 Å². The van der Waals surface area contributed by atoms with Crippen LogP contribution in [0, 0.1) is 0 Å². The van der Waals surface area contributed by atoms with E-state index in [4.69, 9.17) is 11.6 Å². The van der Waals surface area contributed by atoms with Crippen LogP contribution in [0.3, 0.4) is 0 Å². The Bertz CT molecular complexity index is 783. The predicted molar refractivity (Wildman–Crippen MR) is 96.1 cm³/mol. The van der Waals surface area contributed by atoms with E-state index in [-0.39, 0.29) is 11.2 Å². The van der Waals surface area contributed by atoms with Gasteiger partial charge in [-0.1, -0.05) is 42.4 Å². The van der Waals surface area contributed by atoms with Gasteiger partial charge in [0.15, 0.2) is 5.16 Å². The van der Waals surface area contributed by atoms with Gasteiger partial charge in [0.05, 0.1) is 16.3 Å². The molecule has 4 nitrogen and oxygen atoms in total. The van der Waals surface area contributed by atoms with Crippen LogP contribution in [0.5, 0.6) is 0 Å². The number of nitrogens with zero attached hydrogens (tertiary/aromatic N) is 1. The standard InChI is InChI=1S/C17H16ClN3OS/c1-2-15(16(22)19-12-9-7-11(18)8-10-12)23-17-20-13-5-3-4-6-14(13)21-17/h3-10,15H,2H2,1H3,(H,19,22)(H,20,21)/t15-/m1/s1. The number of fused-ring (bicyclic) bond motifs is 1. The molecule has 1 atom stereocenters. The second-order valence-corrected chi connectivity index (χ2v) is 6.70. The number of carbonyl (C=O) groups excluding carboxylic acids is 1. The van der Waals surface area contributed by atoms with Crippen LogP contribution in [0.4, 0.5) is 5.69 Å². The fraction of sp³-hybridized carbons (Fsp3) is 0.176. The number of aromatic nitrogens is 2. The molecule has 0 saturated carbocycles. The highest BCUT2D eigenvalue weighted by atomic mass is 35.5. The third-order valence-electron chi connectivity index (χ3n) is 3.40. The number of imidazole rings is 1. The van der Waals surface area contributed by atoms with Crippen molar-refractivity contribution in [3.63, 3.8) is 0 Å². The summed E-state index contributed by atoms with van der Waals surface area (Å²) in [7, 11) is 0. The second-order valence-electron chi connectivity index (χ2n) is 5.07. The van der Waals surface area contributed by atoms with Gasteiger partial charge in [-0.25, -0.2) is 4.98 Å². The first-order valence-electron chi connectivity index (χ1n) is 7.33. The van der Waals surface area contributed by atoms with Crippen LogP contribution in [0.2, 0.25) is 5.02 Å². The number of amides is 1. The van der Waals surface area contributed by atoms with E-state index in [9.17, 15) is 4.79 Å². The summed E-state index contributed by atoms with van der Waals surface area (Å²) < 4.78 is 0. The Hall–Kier alpha value is -1.98. The van der Waals surface area contributed by atoms with Crippen LogP contribution in [0.15, 0.2) is 53.7 Å². The zero-order valence-electron chi connectivity index (χ0n) is 12.5. The van der Waals surface area contributed by atoms with E-state index in [2.05, 4.69) is 15.3 Å². The Balaban J connectivity index is 1.71. The number of anilines is 1. The fourth-order valence-electron chi connectivity index (χ4n) is 2.20. The Morgan fingerprint density at radius 2 is 2.00 bits per heavy atom. The van der Waals surface area contributed by atoms with Crippen LogP contribution in [0.1, 0.15) is 13.3 Å². The lowest BCUT2D eigenvalue weighted by Gasteiger charge is -2.13. The molecular weight excluding hydrogens is 330 g/mol. The van der Waals surface area contributed by atoms with Crippen LogP contribution in [0.25, 0.3) is 11.0 Å². The first kappa shape index (κ1) is 15.9. The summed E-state index contributed by atoms with van der Waals surface area (Å²) in [5.41, 5.74) is 2.62. The quantitative estimate of drug-likeness (QED) is 0.657. The number of aromatic amines is 1. The molecule has 0 unspecified atom stereocenters. The number of hydrogen-bond donors (Lipinski definition) is 2. The van der Waals surface area contributed by atoms with Gasteiger partial charge >= 0.3 is 0 Å². The van der Waals surface area contributed by atoms with Crippen molar-refractivity contribution in [2.75, 3.05) is 5.32 Å². The number of nitrogens with one attached hydrogen (secondary N) is 2. The minimum Gasteiger partial charge on any atom is -0.333 e. The van der Waals surface area contributed by atoms with E-state index >= 15 is 0 Å². The molecular formula is C17H16ClN3OS. The molecule has 0 saturated heterocycles. The number of halogens is 1. The van der Waals surface area contributed by atoms with Gasteiger partial charge in [0.1, 0.15) is 0 Å². The van der Waals surface area contributed by atoms with Gasteiger partial charge in [-0.3, -0.25) is 4.79 Å². The van der Waals surface area contributed by atoms with E-state index in [0.29, 0.717) is 11.4 Å². The number of hydrogen-bond acceptors (Lipinski definition) is 3. The zero-order chi connectivity index (χ0) is 16.2. The Labute approximate surface area is 143 Å². The number of thioether (sulfide) groups is 1. The number of rotatable bonds is 5. The van der Waals surface area contributed by atoms with Crippen molar-refractivity contribution >= 4 is 46.0 Å². The molecule has 0 aliphatic carbocycles. The number of benzene rings is 2. The van der Waals surface area contributed by atoms with Crippen molar-refractivity contribution in [2.45, 2.75) is 23.8 Å². The van der Waals surface area contributed by atoms with Crippen molar-refractivity contribution in [3.05, 3.63) is 53.6 Å². The molecule has 1 amide bonds. The van der Waals surface area contributed by atoms with Gasteiger partial charge in [0.2, 0.25) is 5.91 Å². The summed E-state index contributed by atoms with van der Waals surface area (Å²) >= 11 is 7.29. The number of carbonyl (C=O) groups is 1. The average molecular weight is 346 g/mol. The normalized spacial score (nSPS) is 12.3. The topological polar surface area (TPSA) is 57.8 Å². The second kappa shape index (κ2) is 7.06. The van der Waals surface area contributed by atoms with Crippen LogP contribution >= 0.6 is 23.4 Å². The predicted octanol–water partition coefficient (Wildman–Crippen LogP) is 4.73. The summed E-state index contributed by atoms with van der Waals surface area (Å²) in [6, 6.07) is 14.9. The first-order valence-corrected chi connectivity index (χ1v) is 8.59. The minimum atomic E-state index is -0.216. The lowest BCUT2D eigenvalue weighted by Crippen LogP contribution is -2.24. The zero-order valence-corrected chi connectivity index (χ0v) is 14.1. The van der Waals surface area contributed by atoms with E-state index in [0.717, 1.165) is 21.9 Å². The largest absolute Gasteiger partial charge is 0.333 e. The highest BCUT2D eigenvalue weighted by molar-refractivity contribution is 8.00. The summed E-state index contributed by atoms with van der Waals surface area (Å²) in [5, 5.41) is 4.10. The summed E-state index contributed by atoms with van der Waals surface area (Å²) in [6.07, 6.45) is 0.709. The maximum absolute atomic E-state index is 12.4. The SMILES string of the molecule is CC[C@@H](Sc1nc2ccccc2[nH]1)C(=O)Nc1ccc(Cl)cc1. The molecule has 1 aromatic heterocycles. The molecule has 2 aromatic carbocycles. The molecule has 0 spiro atoms. The molecule has 0 aliphatic rings. The molecule has 3 aromatic rings. The van der Waals surface area contributed by atoms with Crippen molar-refractivity contribution in [1.29, 1.82) is 0 Å². The Morgan fingerprint density at radius 1 is 1.26 bits per heavy atom. The van der Waals surface area contributed by atoms with Crippen molar-refractivity contribution in [3.8, 4) is 0 Å². The van der Waals surface area contributed by atoms with E-state index in [1.54, 1.807) is 24.3 Å². The van der Waals surface area contributed by atoms with Crippen LogP contribution < -0.4 is 5.32 Å². The first-order chi connectivity index (χ1) is 11.2. The average Bonchev–Trinajstić information content (AvgIpc) is 2.97. The lowest BCUT2D eigenvalue weighted by atomic mass is 10.3. The molecule has 0 fully saturated rings. The van der Waals surface area contributed by atoms with Gasteiger partial charge in [-0.05, 0) is 42.8 Å². The van der Waals surface area contributed by atoms with E-state index in [1.165, 1.54) is 11.8 Å². The van der Waals surface area contributed by atoms with Crippen LogP contribution in [-0.4, -0.2) is 21.1 Å². The maximum Gasteiger partial charge on any atom is 0.237 e. The molecule has 3 rings (SSSR count). The molecule has 6 heteroatoms. The van der Waals surface area contributed by atoms with Crippen molar-refractivity contribution in [2.24, 2.45) is 0 Å². The number of para-hydroxylation sites is 2. The molecule has 1 heterocycles. The smallest absolute Gasteiger partial charge is 0.237 e. The highest BCUT2D eigenvalue weighted by Gasteiger charge is 2.19. The van der Waals surface area contributed by atoms with Crippen molar-refractivity contribution in [1.82, 2.24) is 9.97 Å². The van der Waals surface area contributed by atoms with Gasteiger partial charge in [0, 0.05) is 10.7 Å². The molecule has 23 heavy (non-hydrogen) atoms. The van der Waals surface area contributed by atoms with Crippen molar-refractivity contribution < 1.29 is 4.79 Å². The lowest BCUT2D eigenvalue weighted by molar-refractivity contribution is -0.115. The Kier molecular flexibility index (Phi) is 4.88. The molecule has 0 bridgehead atoms. The summed E-state index contributed by atoms with van der Waals surface area (Å²) in [4.78, 5) is 20.2.